The first-order chi connectivity index (χ1) is 12.6. The fourth-order valence-electron chi connectivity index (χ4n) is 1.99. The lowest BCUT2D eigenvalue weighted by molar-refractivity contribution is -0.384. The number of carbonyl (C=O) groups excluding carboxylic acids is 1. The van der Waals surface area contributed by atoms with E-state index in [1.165, 1.54) is 31.2 Å². The minimum Gasteiger partial charge on any atom is -0.305 e. The zero-order valence-electron chi connectivity index (χ0n) is 17.6. The Hall–Kier alpha value is -1.82. The maximum Gasteiger partial charge on any atom is 0.364 e. The molecule has 0 unspecified atom stereocenters. The summed E-state index contributed by atoms with van der Waals surface area (Å²) >= 11 is 0. The molecule has 28 heavy (non-hydrogen) atoms. The second-order valence-electron chi connectivity index (χ2n) is 9.10. The molecule has 0 saturated heterocycles. The topological polar surface area (TPSA) is 95.7 Å². The van der Waals surface area contributed by atoms with Crippen molar-refractivity contribution >= 4 is 25.1 Å². The van der Waals surface area contributed by atoms with Crippen molar-refractivity contribution in [3.05, 3.63) is 45.3 Å². The average Bonchev–Trinajstić information content (AvgIpc) is 2.55. The third-order valence-electron chi connectivity index (χ3n) is 3.38. The number of allylic oxidation sites excluding steroid dienone is 1. The number of nitro benzene ring substituents is 1. The van der Waals surface area contributed by atoms with E-state index in [2.05, 4.69) is 0 Å². The highest BCUT2D eigenvalue weighted by Gasteiger charge is 2.36. The van der Waals surface area contributed by atoms with Crippen molar-refractivity contribution in [3.8, 4) is 0 Å². The molecule has 0 bridgehead atoms. The van der Waals surface area contributed by atoms with Crippen LogP contribution in [0.2, 0.25) is 0 Å². The lowest BCUT2D eigenvalue weighted by Gasteiger charge is -2.27. The SMILES string of the molecule is CC(=O)/C(=C\c1cccc([N+](=O)[O-])c1)P(=O)(OCC(C)(C)C)OCC(C)(C)C. The van der Waals surface area contributed by atoms with Crippen molar-refractivity contribution < 1.29 is 23.3 Å². The number of hydrogen-bond donors (Lipinski definition) is 0. The highest BCUT2D eigenvalue weighted by molar-refractivity contribution is 7.60. The largest absolute Gasteiger partial charge is 0.364 e. The van der Waals surface area contributed by atoms with Gasteiger partial charge in [0.2, 0.25) is 0 Å². The third-order valence-corrected chi connectivity index (χ3v) is 5.35. The van der Waals surface area contributed by atoms with Gasteiger partial charge in [-0.25, -0.2) is 0 Å². The Morgan fingerprint density at radius 2 is 1.61 bits per heavy atom. The monoisotopic (exact) mass is 411 g/mol. The molecule has 0 saturated carbocycles. The van der Waals surface area contributed by atoms with Crippen LogP contribution in [0.3, 0.4) is 0 Å². The molecule has 0 amide bonds. The first-order valence-corrected chi connectivity index (χ1v) is 10.5. The zero-order chi connectivity index (χ0) is 21.8. The highest BCUT2D eigenvalue weighted by Crippen LogP contribution is 2.58. The first kappa shape index (κ1) is 24.2. The van der Waals surface area contributed by atoms with E-state index in [1.54, 1.807) is 6.07 Å². The Morgan fingerprint density at radius 3 is 2.00 bits per heavy atom. The molecule has 0 N–H and O–H groups in total. The number of benzene rings is 1. The number of hydrogen-bond acceptors (Lipinski definition) is 6. The molecule has 0 aromatic heterocycles. The van der Waals surface area contributed by atoms with Crippen LogP contribution in [-0.2, 0) is 18.4 Å². The molecule has 156 valence electrons. The molecule has 0 fully saturated rings. The molecule has 0 aliphatic carbocycles. The quantitative estimate of drug-likeness (QED) is 0.231. The van der Waals surface area contributed by atoms with Gasteiger partial charge in [0, 0.05) is 12.1 Å². The van der Waals surface area contributed by atoms with Gasteiger partial charge >= 0.3 is 7.60 Å². The highest BCUT2D eigenvalue weighted by atomic mass is 31.2. The summed E-state index contributed by atoms with van der Waals surface area (Å²) in [5.41, 5.74) is -0.349. The lowest BCUT2D eigenvalue weighted by atomic mass is 9.99. The van der Waals surface area contributed by atoms with Crippen LogP contribution in [-0.4, -0.2) is 23.9 Å². The Morgan fingerprint density at radius 1 is 1.11 bits per heavy atom. The van der Waals surface area contributed by atoms with E-state index in [-0.39, 0.29) is 35.0 Å². The molecule has 7 nitrogen and oxygen atoms in total. The van der Waals surface area contributed by atoms with E-state index in [0.29, 0.717) is 5.56 Å². The number of nitro groups is 1. The van der Waals surface area contributed by atoms with Crippen LogP contribution < -0.4 is 0 Å². The van der Waals surface area contributed by atoms with Crippen LogP contribution in [0, 0.1) is 20.9 Å². The summed E-state index contributed by atoms with van der Waals surface area (Å²) in [6, 6.07) is 5.74. The third kappa shape index (κ3) is 8.05. The number of rotatable bonds is 8. The maximum atomic E-state index is 13.6. The minimum absolute atomic E-state index is 0.119. The maximum absolute atomic E-state index is 13.6. The normalized spacial score (nSPS) is 13.5. The Balaban J connectivity index is 3.41. The molecule has 0 radical (unpaired) electrons. The van der Waals surface area contributed by atoms with Gasteiger partial charge in [-0.15, -0.1) is 0 Å². The van der Waals surface area contributed by atoms with E-state index in [0.717, 1.165) is 0 Å². The second-order valence-corrected chi connectivity index (χ2v) is 11.1. The Labute approximate surface area is 166 Å². The standard InChI is InChI=1S/C20H30NO6P/c1-15(22)18(12-16-9-8-10-17(11-16)21(23)24)28(25,26-13-19(2,3)4)27-14-20(5,6)7/h8-12H,13-14H2,1-7H3/b18-12+. The van der Waals surface area contributed by atoms with Gasteiger partial charge < -0.3 is 9.05 Å². The van der Waals surface area contributed by atoms with Gasteiger partial charge in [-0.05, 0) is 29.4 Å². The van der Waals surface area contributed by atoms with Gasteiger partial charge in [0.1, 0.15) is 5.31 Å². The Bertz CT molecular complexity index is 780. The summed E-state index contributed by atoms with van der Waals surface area (Å²) in [5, 5.41) is 10.9. The molecule has 0 heterocycles. The predicted molar refractivity (Wildman–Crippen MR) is 110 cm³/mol. The van der Waals surface area contributed by atoms with Crippen LogP contribution >= 0.6 is 7.60 Å². The molecule has 1 aromatic carbocycles. The van der Waals surface area contributed by atoms with Crippen molar-refractivity contribution in [2.24, 2.45) is 10.8 Å². The van der Waals surface area contributed by atoms with Crippen LogP contribution in [0.1, 0.15) is 54.0 Å². The van der Waals surface area contributed by atoms with E-state index in [4.69, 9.17) is 9.05 Å². The smallest absolute Gasteiger partial charge is 0.305 e. The molecule has 0 atom stereocenters. The fourth-order valence-corrected chi connectivity index (χ4v) is 4.15. The van der Waals surface area contributed by atoms with E-state index in [9.17, 15) is 19.5 Å². The summed E-state index contributed by atoms with van der Waals surface area (Å²) < 4.78 is 25.0. The predicted octanol–water partition coefficient (Wildman–Crippen LogP) is 5.84. The summed E-state index contributed by atoms with van der Waals surface area (Å²) in [5.74, 6) is -0.474. The summed E-state index contributed by atoms with van der Waals surface area (Å²) in [6.07, 6.45) is 1.35. The number of ketones is 1. The number of Topliss-reactive ketones (excluding diaryl/α,β-unsaturated/α-hetero) is 1. The summed E-state index contributed by atoms with van der Waals surface area (Å²) in [4.78, 5) is 22.8. The van der Waals surface area contributed by atoms with Crippen molar-refractivity contribution in [1.82, 2.24) is 0 Å². The second kappa shape index (κ2) is 9.12. The zero-order valence-corrected chi connectivity index (χ0v) is 18.5. The van der Waals surface area contributed by atoms with E-state index < -0.39 is 18.3 Å². The Kier molecular flexibility index (Phi) is 7.89. The van der Waals surface area contributed by atoms with Crippen molar-refractivity contribution in [2.75, 3.05) is 13.2 Å². The van der Waals surface area contributed by atoms with E-state index >= 15 is 0 Å². The number of carbonyl (C=O) groups is 1. The van der Waals surface area contributed by atoms with Crippen LogP contribution in [0.5, 0.6) is 0 Å². The van der Waals surface area contributed by atoms with Crippen LogP contribution in [0.4, 0.5) is 5.69 Å². The van der Waals surface area contributed by atoms with Gasteiger partial charge in [0.25, 0.3) is 5.69 Å². The summed E-state index contributed by atoms with van der Waals surface area (Å²) in [6.45, 7) is 13.0. The fraction of sp³-hybridized carbons (Fsp3) is 0.550. The molecule has 1 aromatic rings. The molecular formula is C20H30NO6P. The summed E-state index contributed by atoms with van der Waals surface area (Å²) in [7, 11) is -3.94. The van der Waals surface area contributed by atoms with Crippen LogP contribution in [0.25, 0.3) is 6.08 Å². The molecule has 1 rings (SSSR count). The average molecular weight is 411 g/mol. The van der Waals surface area contributed by atoms with E-state index in [1.807, 2.05) is 41.5 Å². The first-order valence-electron chi connectivity index (χ1n) is 9.00. The van der Waals surface area contributed by atoms with Crippen molar-refractivity contribution in [1.29, 1.82) is 0 Å². The molecule has 0 aliphatic heterocycles. The van der Waals surface area contributed by atoms with Crippen molar-refractivity contribution in [2.45, 2.75) is 48.5 Å². The molecular weight excluding hydrogens is 381 g/mol. The van der Waals surface area contributed by atoms with Crippen LogP contribution in [0.15, 0.2) is 29.6 Å². The minimum atomic E-state index is -3.94. The van der Waals surface area contributed by atoms with Gasteiger partial charge in [0.15, 0.2) is 5.78 Å². The van der Waals surface area contributed by atoms with Gasteiger partial charge in [-0.2, -0.15) is 0 Å². The lowest BCUT2D eigenvalue weighted by Crippen LogP contribution is -2.19. The van der Waals surface area contributed by atoms with Gasteiger partial charge in [-0.1, -0.05) is 53.7 Å². The molecule has 8 heteroatoms. The van der Waals surface area contributed by atoms with Gasteiger partial charge in [-0.3, -0.25) is 19.5 Å². The number of nitrogens with zero attached hydrogens (tertiary/aromatic N) is 1. The van der Waals surface area contributed by atoms with Gasteiger partial charge in [0.05, 0.1) is 18.1 Å². The van der Waals surface area contributed by atoms with Crippen molar-refractivity contribution in [3.63, 3.8) is 0 Å². The number of non-ortho nitro benzene ring substituents is 1. The molecule has 0 spiro atoms. The molecule has 0 aliphatic rings.